The molecule has 0 bridgehead atoms. The summed E-state index contributed by atoms with van der Waals surface area (Å²) in [4.78, 5) is 0. The second-order valence-electron chi connectivity index (χ2n) is 4.34. The van der Waals surface area contributed by atoms with E-state index in [9.17, 15) is 0 Å². The molecule has 0 aliphatic carbocycles. The number of halogens is 1. The Morgan fingerprint density at radius 1 is 0.667 bits per heavy atom. The summed E-state index contributed by atoms with van der Waals surface area (Å²) < 4.78 is 0. The largest absolute Gasteiger partial charge is 1.00 e. The Morgan fingerprint density at radius 2 is 0.667 bits per heavy atom. The molecule has 4 heteroatoms. The smallest absolute Gasteiger partial charge is 0.0563 e. The third-order valence-electron chi connectivity index (χ3n) is 0. The van der Waals surface area contributed by atoms with Crippen molar-refractivity contribution in [2.75, 3.05) is 0 Å². The van der Waals surface area contributed by atoms with Gasteiger partial charge in [-0.1, -0.05) is 0 Å². The molecule has 12 heavy (non-hydrogen) atoms. The normalized spacial score (nSPS) is 10.0. The summed E-state index contributed by atoms with van der Waals surface area (Å²) in [5.74, 6) is 0. The summed E-state index contributed by atoms with van der Waals surface area (Å²) in [5, 5.41) is 17.0. The first kappa shape index (κ1) is 23.0. The van der Waals surface area contributed by atoms with Crippen LogP contribution in [0.1, 0.15) is 41.5 Å². The van der Waals surface area contributed by atoms with E-state index in [4.69, 9.17) is 10.2 Å². The molecule has 0 unspecified atom stereocenters. The fourth-order valence-corrected chi connectivity index (χ4v) is 0. The Labute approximate surface area is 92.9 Å². The molecule has 2 nitrogen and oxygen atoms in total. The van der Waals surface area contributed by atoms with Crippen LogP contribution in [0.15, 0.2) is 0 Å². The van der Waals surface area contributed by atoms with Gasteiger partial charge >= 0.3 is 0 Å². The summed E-state index contributed by atoms with van der Waals surface area (Å²) in [6.07, 6.45) is 0. The molecule has 0 aromatic carbocycles. The molecule has 0 heterocycles. The van der Waals surface area contributed by atoms with E-state index in [2.05, 4.69) is 0 Å². The molecule has 0 aliphatic rings. The van der Waals surface area contributed by atoms with Gasteiger partial charge in [0.1, 0.15) is 0 Å². The first-order chi connectivity index (χ1) is 4.00. The van der Waals surface area contributed by atoms with Crippen LogP contribution >= 0.6 is 0 Å². The monoisotopic (exact) mass is 235 g/mol. The van der Waals surface area contributed by atoms with Crippen molar-refractivity contribution in [3.05, 3.63) is 0 Å². The van der Waals surface area contributed by atoms with Crippen molar-refractivity contribution in [2.24, 2.45) is 0 Å². The molecule has 0 aromatic heterocycles. The Hall–Kier alpha value is 0.742. The maximum atomic E-state index is 8.52. The van der Waals surface area contributed by atoms with Crippen molar-refractivity contribution < 1.29 is 40.0 Å². The van der Waals surface area contributed by atoms with Crippen LogP contribution < -0.4 is 12.4 Å². The molecule has 2 N–H and O–H groups in total. The third-order valence-corrected chi connectivity index (χ3v) is 0. The summed E-state index contributed by atoms with van der Waals surface area (Å²) in [6.45, 7) is 10.5. The van der Waals surface area contributed by atoms with Gasteiger partial charge in [-0.25, -0.2) is 0 Å². The Morgan fingerprint density at radius 3 is 0.667 bits per heavy atom. The minimum Gasteiger partial charge on any atom is -1.00 e. The van der Waals surface area contributed by atoms with Gasteiger partial charge in [-0.15, -0.1) is 0 Å². The fourth-order valence-electron chi connectivity index (χ4n) is 0. The molecule has 0 rings (SSSR count). The van der Waals surface area contributed by atoms with Gasteiger partial charge in [0.15, 0.2) is 0 Å². The Kier molecular flexibility index (Phi) is 16.0. The maximum absolute atomic E-state index is 8.52. The van der Waals surface area contributed by atoms with Crippen LogP contribution in [-0.4, -0.2) is 21.4 Å². The van der Waals surface area contributed by atoms with Gasteiger partial charge in [0, 0.05) is 17.4 Å². The van der Waals surface area contributed by atoms with Crippen LogP contribution in [0.4, 0.5) is 0 Å². The van der Waals surface area contributed by atoms with Crippen molar-refractivity contribution in [2.45, 2.75) is 52.7 Å². The second-order valence-corrected chi connectivity index (χ2v) is 4.34. The molecule has 0 fully saturated rings. The first-order valence-electron chi connectivity index (χ1n) is 3.45. The van der Waals surface area contributed by atoms with E-state index in [1.54, 1.807) is 41.5 Å². The van der Waals surface area contributed by atoms with Crippen molar-refractivity contribution in [3.8, 4) is 0 Å². The van der Waals surface area contributed by atoms with Crippen LogP contribution in [0.5, 0.6) is 0 Å². The maximum Gasteiger partial charge on any atom is 0.0563 e. The minimum atomic E-state index is -0.500. The first-order valence-corrected chi connectivity index (χ1v) is 3.45. The van der Waals surface area contributed by atoms with Crippen LogP contribution in [0, 0.1) is 0 Å². The molecular weight excluding hydrogens is 216 g/mol. The van der Waals surface area contributed by atoms with E-state index in [-0.39, 0.29) is 29.8 Å². The Bertz CT molecular complexity index is 60.0. The van der Waals surface area contributed by atoms with Gasteiger partial charge < -0.3 is 22.6 Å². The molecule has 78 valence electrons. The van der Waals surface area contributed by atoms with Gasteiger partial charge in [-0.3, -0.25) is 0 Å². The predicted octanol–water partition coefficient (Wildman–Crippen LogP) is -1.44. The van der Waals surface area contributed by atoms with E-state index in [1.165, 1.54) is 0 Å². The van der Waals surface area contributed by atoms with Crippen molar-refractivity contribution in [1.82, 2.24) is 0 Å². The van der Waals surface area contributed by atoms with Crippen molar-refractivity contribution in [1.29, 1.82) is 0 Å². The van der Waals surface area contributed by atoms with Gasteiger partial charge in [-0.2, -0.15) is 0 Å². The molecular formula is C8H20ClCrO2-. The van der Waals surface area contributed by atoms with Crippen LogP contribution in [0.3, 0.4) is 0 Å². The van der Waals surface area contributed by atoms with Gasteiger partial charge in [-0.05, 0) is 41.5 Å². The molecule has 0 amide bonds. The summed E-state index contributed by atoms with van der Waals surface area (Å²) in [6, 6.07) is 0. The average Bonchev–Trinajstić information content (AvgIpc) is 1.12. The number of aliphatic hydroxyl groups is 2. The molecule has 0 atom stereocenters. The quantitative estimate of drug-likeness (QED) is 0.540. The van der Waals surface area contributed by atoms with Crippen molar-refractivity contribution >= 4 is 0 Å². The minimum absolute atomic E-state index is 0. The number of hydrogen-bond acceptors (Lipinski definition) is 2. The zero-order chi connectivity index (χ0) is 9.00. The number of hydrogen-bond donors (Lipinski definition) is 2. The van der Waals surface area contributed by atoms with E-state index < -0.39 is 11.2 Å². The SMILES string of the molecule is CC(C)(C)O.CC(C)(C)O.[Cl-].[Cr]. The van der Waals surface area contributed by atoms with Crippen LogP contribution in [-0.2, 0) is 17.4 Å². The summed E-state index contributed by atoms with van der Waals surface area (Å²) in [7, 11) is 0. The molecule has 0 radical (unpaired) electrons. The molecule has 0 spiro atoms. The van der Waals surface area contributed by atoms with Crippen LogP contribution in [0.25, 0.3) is 0 Å². The van der Waals surface area contributed by atoms with Crippen LogP contribution in [0.2, 0.25) is 0 Å². The Balaban J connectivity index is -0.0000000457. The van der Waals surface area contributed by atoms with E-state index >= 15 is 0 Å². The topological polar surface area (TPSA) is 40.5 Å². The zero-order valence-corrected chi connectivity index (χ0v) is 10.7. The summed E-state index contributed by atoms with van der Waals surface area (Å²) >= 11 is 0. The van der Waals surface area contributed by atoms with Gasteiger partial charge in [0.05, 0.1) is 11.2 Å². The second kappa shape index (κ2) is 8.35. The van der Waals surface area contributed by atoms with E-state index in [0.29, 0.717) is 0 Å². The van der Waals surface area contributed by atoms with Crippen molar-refractivity contribution in [3.63, 3.8) is 0 Å². The standard InChI is InChI=1S/2C4H10O.ClH.Cr/c2*1-4(2,3)5;;/h2*5H,1-3H3;1H;/p-1. The molecule has 0 aliphatic heterocycles. The van der Waals surface area contributed by atoms with E-state index in [1.807, 2.05) is 0 Å². The third kappa shape index (κ3) is 1850. The average molecular weight is 236 g/mol. The number of rotatable bonds is 0. The van der Waals surface area contributed by atoms with Gasteiger partial charge in [0.25, 0.3) is 0 Å². The zero-order valence-electron chi connectivity index (χ0n) is 8.68. The molecule has 0 aromatic rings. The predicted molar refractivity (Wildman–Crippen MR) is 43.9 cm³/mol. The van der Waals surface area contributed by atoms with E-state index in [0.717, 1.165) is 0 Å². The fraction of sp³-hybridized carbons (Fsp3) is 1.00. The van der Waals surface area contributed by atoms with Gasteiger partial charge in [0.2, 0.25) is 0 Å². The summed E-state index contributed by atoms with van der Waals surface area (Å²) in [5.41, 5.74) is -1.00. The molecule has 0 saturated heterocycles. The molecule has 0 saturated carbocycles.